The minimum Gasteiger partial charge on any atom is -0.480 e. The van der Waals surface area contributed by atoms with E-state index in [0.717, 1.165) is 0 Å². The number of aromatic nitrogens is 3. The summed E-state index contributed by atoms with van der Waals surface area (Å²) in [6.07, 6.45) is 3.10. The van der Waals surface area contributed by atoms with Crippen LogP contribution in [0.2, 0.25) is 0 Å². The molecule has 18 heavy (non-hydrogen) atoms. The Morgan fingerprint density at radius 2 is 2.33 bits per heavy atom. The minimum absolute atomic E-state index is 0.0137. The second-order valence-electron chi connectivity index (χ2n) is 4.09. The molecule has 2 rings (SSSR count). The van der Waals surface area contributed by atoms with Crippen LogP contribution in [0.25, 0.3) is 0 Å². The maximum atomic E-state index is 12.0. The van der Waals surface area contributed by atoms with Crippen molar-refractivity contribution in [3.05, 3.63) is 12.4 Å². The number of aliphatic carboxylic acids is 1. The Morgan fingerprint density at radius 3 is 2.89 bits per heavy atom. The smallest absolute Gasteiger partial charge is 0.326 e. The molecule has 98 valence electrons. The quantitative estimate of drug-likeness (QED) is 0.738. The monoisotopic (exact) mass is 254 g/mol. The summed E-state index contributed by atoms with van der Waals surface area (Å²) < 4.78 is 6.48. The highest BCUT2D eigenvalue weighted by Gasteiger charge is 2.39. The van der Waals surface area contributed by atoms with Gasteiger partial charge in [-0.3, -0.25) is 4.79 Å². The van der Waals surface area contributed by atoms with Gasteiger partial charge in [-0.15, -0.1) is 5.10 Å². The van der Waals surface area contributed by atoms with Crippen LogP contribution in [0, 0.1) is 0 Å². The molecule has 0 spiro atoms. The van der Waals surface area contributed by atoms with E-state index in [1.807, 2.05) is 0 Å². The number of nitrogens with zero attached hydrogens (tertiary/aromatic N) is 4. The lowest BCUT2D eigenvalue weighted by atomic mass is 10.2. The van der Waals surface area contributed by atoms with Crippen LogP contribution in [0.3, 0.4) is 0 Å². The molecule has 1 N–H and O–H groups in total. The van der Waals surface area contributed by atoms with Gasteiger partial charge in [-0.1, -0.05) is 5.21 Å². The predicted octanol–water partition coefficient (Wildman–Crippen LogP) is -1.02. The molecule has 0 radical (unpaired) electrons. The number of carbonyl (C=O) groups excluding carboxylic acids is 1. The van der Waals surface area contributed by atoms with Crippen molar-refractivity contribution in [3.8, 4) is 0 Å². The summed E-state index contributed by atoms with van der Waals surface area (Å²) in [6.45, 7) is 0.279. The first-order valence-electron chi connectivity index (χ1n) is 5.51. The van der Waals surface area contributed by atoms with Crippen molar-refractivity contribution >= 4 is 11.9 Å². The Kier molecular flexibility index (Phi) is 3.56. The SMILES string of the molecule is COC1CC(C(=O)O)N(C(=O)Cn2ccnn2)C1. The molecule has 1 aromatic rings. The molecule has 1 aromatic heterocycles. The number of methoxy groups -OCH3 is 1. The van der Waals surface area contributed by atoms with Crippen LogP contribution in [0.15, 0.2) is 12.4 Å². The zero-order valence-corrected chi connectivity index (χ0v) is 9.89. The fourth-order valence-corrected chi connectivity index (χ4v) is 2.02. The number of carboxylic acid groups (broad SMARTS) is 1. The molecule has 2 atom stereocenters. The maximum absolute atomic E-state index is 12.0. The average Bonchev–Trinajstić information content (AvgIpc) is 2.96. The van der Waals surface area contributed by atoms with E-state index in [-0.39, 0.29) is 18.6 Å². The van der Waals surface area contributed by atoms with Crippen molar-refractivity contribution in [1.82, 2.24) is 19.9 Å². The summed E-state index contributed by atoms with van der Waals surface area (Å²) in [5, 5.41) is 16.4. The lowest BCUT2D eigenvalue weighted by Gasteiger charge is -2.20. The van der Waals surface area contributed by atoms with Gasteiger partial charge in [0.15, 0.2) is 0 Å². The Balaban J connectivity index is 2.05. The highest BCUT2D eigenvalue weighted by Crippen LogP contribution is 2.20. The molecule has 8 nitrogen and oxygen atoms in total. The summed E-state index contributed by atoms with van der Waals surface area (Å²) in [5.74, 6) is -1.31. The number of ether oxygens (including phenoxy) is 1. The van der Waals surface area contributed by atoms with Crippen LogP contribution < -0.4 is 0 Å². The van der Waals surface area contributed by atoms with Crippen molar-refractivity contribution in [2.75, 3.05) is 13.7 Å². The molecule has 0 aliphatic carbocycles. The van der Waals surface area contributed by atoms with Crippen LogP contribution in [-0.4, -0.2) is 62.7 Å². The predicted molar refractivity (Wildman–Crippen MR) is 58.6 cm³/mol. The van der Waals surface area contributed by atoms with Crippen LogP contribution in [0.4, 0.5) is 0 Å². The number of likely N-dealkylation sites (tertiary alicyclic amines) is 1. The second-order valence-corrected chi connectivity index (χ2v) is 4.09. The highest BCUT2D eigenvalue weighted by atomic mass is 16.5. The summed E-state index contributed by atoms with van der Waals surface area (Å²) in [7, 11) is 1.51. The number of carboxylic acids is 1. The Hall–Kier alpha value is -1.96. The third-order valence-corrected chi connectivity index (χ3v) is 2.97. The van der Waals surface area contributed by atoms with Gasteiger partial charge in [0.2, 0.25) is 5.91 Å². The standard InChI is InChI=1S/C10H14N4O4/c1-18-7-4-8(10(16)17)14(5-7)9(15)6-13-3-2-11-12-13/h2-3,7-8H,4-6H2,1H3,(H,16,17). The third kappa shape index (κ3) is 2.48. The molecule has 8 heteroatoms. The molecule has 1 fully saturated rings. The van der Waals surface area contributed by atoms with E-state index >= 15 is 0 Å². The van der Waals surface area contributed by atoms with Gasteiger partial charge in [-0.05, 0) is 0 Å². The zero-order valence-electron chi connectivity index (χ0n) is 9.89. The lowest BCUT2D eigenvalue weighted by Crippen LogP contribution is -2.42. The van der Waals surface area contributed by atoms with Gasteiger partial charge in [0.05, 0.1) is 12.3 Å². The normalized spacial score (nSPS) is 23.3. The fourth-order valence-electron chi connectivity index (χ4n) is 2.02. The first kappa shape index (κ1) is 12.5. The molecule has 1 aliphatic rings. The van der Waals surface area contributed by atoms with Gasteiger partial charge in [0.25, 0.3) is 0 Å². The van der Waals surface area contributed by atoms with Crippen molar-refractivity contribution in [2.45, 2.75) is 25.1 Å². The Labute approximate surface area is 103 Å². The molecule has 2 heterocycles. The summed E-state index contributed by atoms with van der Waals surface area (Å²) in [5.41, 5.74) is 0. The molecule has 1 saturated heterocycles. The van der Waals surface area contributed by atoms with E-state index in [4.69, 9.17) is 9.84 Å². The van der Waals surface area contributed by atoms with Crippen molar-refractivity contribution in [1.29, 1.82) is 0 Å². The van der Waals surface area contributed by atoms with Gasteiger partial charge >= 0.3 is 5.97 Å². The Morgan fingerprint density at radius 1 is 1.56 bits per heavy atom. The van der Waals surface area contributed by atoms with E-state index in [0.29, 0.717) is 13.0 Å². The summed E-state index contributed by atoms with van der Waals surface area (Å²) >= 11 is 0. The average molecular weight is 254 g/mol. The van der Waals surface area contributed by atoms with E-state index in [1.54, 1.807) is 6.20 Å². The van der Waals surface area contributed by atoms with Crippen molar-refractivity contribution in [2.24, 2.45) is 0 Å². The number of hydrogen-bond donors (Lipinski definition) is 1. The minimum atomic E-state index is -1.01. The largest absolute Gasteiger partial charge is 0.480 e. The number of rotatable bonds is 4. The summed E-state index contributed by atoms with van der Waals surface area (Å²) in [4.78, 5) is 24.4. The van der Waals surface area contributed by atoms with Gasteiger partial charge in [0.1, 0.15) is 12.6 Å². The van der Waals surface area contributed by atoms with E-state index < -0.39 is 12.0 Å². The first-order valence-corrected chi connectivity index (χ1v) is 5.51. The van der Waals surface area contributed by atoms with Crippen LogP contribution in [0.1, 0.15) is 6.42 Å². The molecule has 0 saturated carbocycles. The molecular formula is C10H14N4O4. The van der Waals surface area contributed by atoms with Gasteiger partial charge < -0.3 is 14.7 Å². The van der Waals surface area contributed by atoms with E-state index in [1.165, 1.54) is 22.9 Å². The number of carbonyl (C=O) groups is 2. The highest BCUT2D eigenvalue weighted by molar-refractivity contribution is 5.84. The van der Waals surface area contributed by atoms with E-state index in [2.05, 4.69) is 10.3 Å². The van der Waals surface area contributed by atoms with Crippen LogP contribution in [0.5, 0.6) is 0 Å². The van der Waals surface area contributed by atoms with Crippen LogP contribution >= 0.6 is 0 Å². The van der Waals surface area contributed by atoms with E-state index in [9.17, 15) is 9.59 Å². The van der Waals surface area contributed by atoms with Gasteiger partial charge in [-0.25, -0.2) is 9.48 Å². The topological polar surface area (TPSA) is 97.6 Å². The number of hydrogen-bond acceptors (Lipinski definition) is 5. The third-order valence-electron chi connectivity index (χ3n) is 2.97. The van der Waals surface area contributed by atoms with Crippen molar-refractivity contribution < 1.29 is 19.4 Å². The number of amides is 1. The molecule has 2 unspecified atom stereocenters. The molecular weight excluding hydrogens is 240 g/mol. The maximum Gasteiger partial charge on any atom is 0.326 e. The fraction of sp³-hybridized carbons (Fsp3) is 0.600. The molecule has 1 aliphatic heterocycles. The summed E-state index contributed by atoms with van der Waals surface area (Å²) in [6, 6.07) is -0.828. The molecule has 0 bridgehead atoms. The zero-order chi connectivity index (χ0) is 13.1. The molecule has 0 aromatic carbocycles. The lowest BCUT2D eigenvalue weighted by molar-refractivity contribution is -0.148. The molecule has 1 amide bonds. The van der Waals surface area contributed by atoms with Crippen molar-refractivity contribution in [3.63, 3.8) is 0 Å². The van der Waals surface area contributed by atoms with Gasteiger partial charge in [-0.2, -0.15) is 0 Å². The second kappa shape index (κ2) is 5.13. The van der Waals surface area contributed by atoms with Crippen LogP contribution in [-0.2, 0) is 20.9 Å². The Bertz CT molecular complexity index is 433. The van der Waals surface area contributed by atoms with Gasteiger partial charge in [0, 0.05) is 26.3 Å². The first-order chi connectivity index (χ1) is 8.61.